The fourth-order valence-electron chi connectivity index (χ4n) is 2.35. The number of carboxylic acid groups (broad SMARTS) is 1. The van der Waals surface area contributed by atoms with Crippen molar-refractivity contribution >= 4 is 17.6 Å². The molecule has 1 amide bonds. The highest BCUT2D eigenvalue weighted by molar-refractivity contribution is 5.92. The SMILES string of the molecule is Cc1ccccc1CCC(=O)N(C)c1ccc(OCC(=O)O)cc1. The van der Waals surface area contributed by atoms with Crippen molar-refractivity contribution in [2.24, 2.45) is 0 Å². The summed E-state index contributed by atoms with van der Waals surface area (Å²) < 4.78 is 5.08. The van der Waals surface area contributed by atoms with E-state index in [1.165, 1.54) is 11.1 Å². The van der Waals surface area contributed by atoms with Crippen molar-refractivity contribution in [2.75, 3.05) is 18.6 Å². The number of benzene rings is 2. The van der Waals surface area contributed by atoms with Gasteiger partial charge in [0.15, 0.2) is 6.61 Å². The standard InChI is InChI=1S/C19H21NO4/c1-14-5-3-4-6-15(14)7-12-18(21)20(2)16-8-10-17(11-9-16)24-13-19(22)23/h3-6,8-11H,7,12-13H2,1-2H3,(H,22,23). The highest BCUT2D eigenvalue weighted by Gasteiger charge is 2.12. The summed E-state index contributed by atoms with van der Waals surface area (Å²) in [5.74, 6) is -0.540. The molecule has 0 fully saturated rings. The number of hydrogen-bond acceptors (Lipinski definition) is 3. The molecule has 0 atom stereocenters. The number of anilines is 1. The smallest absolute Gasteiger partial charge is 0.341 e. The topological polar surface area (TPSA) is 66.8 Å². The van der Waals surface area contributed by atoms with Crippen LogP contribution in [0.15, 0.2) is 48.5 Å². The van der Waals surface area contributed by atoms with Crippen LogP contribution in [-0.2, 0) is 16.0 Å². The van der Waals surface area contributed by atoms with Gasteiger partial charge in [0.1, 0.15) is 5.75 Å². The average Bonchev–Trinajstić information content (AvgIpc) is 2.58. The second kappa shape index (κ2) is 8.15. The van der Waals surface area contributed by atoms with Crippen molar-refractivity contribution < 1.29 is 19.4 Å². The molecule has 24 heavy (non-hydrogen) atoms. The number of amides is 1. The van der Waals surface area contributed by atoms with Crippen LogP contribution in [0.3, 0.4) is 0 Å². The summed E-state index contributed by atoms with van der Waals surface area (Å²) >= 11 is 0. The third-order valence-electron chi connectivity index (χ3n) is 3.83. The van der Waals surface area contributed by atoms with Gasteiger partial charge in [0, 0.05) is 19.2 Å². The van der Waals surface area contributed by atoms with Crippen molar-refractivity contribution in [1.29, 1.82) is 0 Å². The Morgan fingerprint density at radius 2 is 1.75 bits per heavy atom. The number of carboxylic acids is 1. The first-order valence-electron chi connectivity index (χ1n) is 7.73. The minimum absolute atomic E-state index is 0.0254. The lowest BCUT2D eigenvalue weighted by Gasteiger charge is -2.18. The zero-order chi connectivity index (χ0) is 17.5. The number of hydrogen-bond donors (Lipinski definition) is 1. The maximum atomic E-state index is 12.3. The molecule has 0 bridgehead atoms. The Morgan fingerprint density at radius 1 is 1.08 bits per heavy atom. The molecule has 0 saturated heterocycles. The first-order chi connectivity index (χ1) is 11.5. The van der Waals surface area contributed by atoms with E-state index >= 15 is 0 Å². The molecular formula is C19H21NO4. The van der Waals surface area contributed by atoms with Crippen LogP contribution in [0.4, 0.5) is 5.69 Å². The Morgan fingerprint density at radius 3 is 2.38 bits per heavy atom. The van der Waals surface area contributed by atoms with Crippen molar-refractivity contribution in [3.63, 3.8) is 0 Å². The summed E-state index contributed by atoms with van der Waals surface area (Å²) in [6, 6.07) is 14.8. The highest BCUT2D eigenvalue weighted by atomic mass is 16.5. The quantitative estimate of drug-likeness (QED) is 0.849. The average molecular weight is 327 g/mol. The second-order valence-electron chi connectivity index (χ2n) is 5.56. The third-order valence-corrected chi connectivity index (χ3v) is 3.83. The minimum Gasteiger partial charge on any atom is -0.482 e. The summed E-state index contributed by atoms with van der Waals surface area (Å²) in [6.45, 7) is 1.66. The summed E-state index contributed by atoms with van der Waals surface area (Å²) in [6.07, 6.45) is 1.13. The predicted octanol–water partition coefficient (Wildman–Crippen LogP) is 3.05. The third kappa shape index (κ3) is 4.84. The van der Waals surface area contributed by atoms with Gasteiger partial charge >= 0.3 is 5.97 Å². The van der Waals surface area contributed by atoms with Crippen molar-refractivity contribution in [1.82, 2.24) is 0 Å². The van der Waals surface area contributed by atoms with Gasteiger partial charge in [0.05, 0.1) is 0 Å². The molecule has 0 spiro atoms. The lowest BCUT2D eigenvalue weighted by molar-refractivity contribution is -0.139. The maximum absolute atomic E-state index is 12.3. The Hall–Kier alpha value is -2.82. The highest BCUT2D eigenvalue weighted by Crippen LogP contribution is 2.20. The van der Waals surface area contributed by atoms with Crippen LogP contribution in [0.5, 0.6) is 5.75 Å². The van der Waals surface area contributed by atoms with Gasteiger partial charge in [-0.3, -0.25) is 4.79 Å². The molecule has 0 heterocycles. The van der Waals surface area contributed by atoms with Gasteiger partial charge < -0.3 is 14.7 Å². The van der Waals surface area contributed by atoms with E-state index < -0.39 is 5.97 Å². The molecule has 0 radical (unpaired) electrons. The molecule has 126 valence electrons. The fourth-order valence-corrected chi connectivity index (χ4v) is 2.35. The summed E-state index contributed by atoms with van der Waals surface area (Å²) in [7, 11) is 1.73. The molecule has 0 saturated carbocycles. The van der Waals surface area contributed by atoms with E-state index in [4.69, 9.17) is 9.84 Å². The largest absolute Gasteiger partial charge is 0.482 e. The van der Waals surface area contributed by atoms with Gasteiger partial charge in [0.2, 0.25) is 5.91 Å². The molecule has 1 N–H and O–H groups in total. The first-order valence-corrected chi connectivity index (χ1v) is 7.73. The number of carbonyl (C=O) groups is 2. The van der Waals surface area contributed by atoms with Gasteiger partial charge in [-0.2, -0.15) is 0 Å². The van der Waals surface area contributed by atoms with Gasteiger partial charge in [-0.05, 0) is 48.7 Å². The van der Waals surface area contributed by atoms with E-state index in [0.29, 0.717) is 18.6 Å². The van der Waals surface area contributed by atoms with E-state index in [2.05, 4.69) is 0 Å². The molecule has 0 unspecified atom stereocenters. The van der Waals surface area contributed by atoms with Crippen LogP contribution in [0.2, 0.25) is 0 Å². The van der Waals surface area contributed by atoms with Crippen LogP contribution in [0.25, 0.3) is 0 Å². The Balaban J connectivity index is 1.92. The molecule has 5 nitrogen and oxygen atoms in total. The molecule has 0 aliphatic rings. The lowest BCUT2D eigenvalue weighted by atomic mass is 10.0. The van der Waals surface area contributed by atoms with E-state index in [9.17, 15) is 9.59 Å². The molecule has 2 rings (SSSR count). The summed E-state index contributed by atoms with van der Waals surface area (Å²) in [4.78, 5) is 24.4. The Labute approximate surface area is 141 Å². The van der Waals surface area contributed by atoms with Gasteiger partial charge in [-0.1, -0.05) is 24.3 Å². The molecule has 2 aromatic carbocycles. The van der Waals surface area contributed by atoms with Crippen LogP contribution >= 0.6 is 0 Å². The predicted molar refractivity (Wildman–Crippen MR) is 92.5 cm³/mol. The van der Waals surface area contributed by atoms with Crippen molar-refractivity contribution in [2.45, 2.75) is 19.8 Å². The molecule has 0 aliphatic heterocycles. The van der Waals surface area contributed by atoms with E-state index in [1.54, 1.807) is 36.2 Å². The molecule has 0 aromatic heterocycles. The number of carbonyl (C=O) groups excluding carboxylic acids is 1. The van der Waals surface area contributed by atoms with E-state index in [1.807, 2.05) is 31.2 Å². The number of rotatable bonds is 7. The van der Waals surface area contributed by atoms with Crippen LogP contribution < -0.4 is 9.64 Å². The molecule has 5 heteroatoms. The van der Waals surface area contributed by atoms with Crippen LogP contribution in [0, 0.1) is 6.92 Å². The second-order valence-corrected chi connectivity index (χ2v) is 5.56. The number of aryl methyl sites for hydroxylation is 2. The Kier molecular flexibility index (Phi) is 5.95. The van der Waals surface area contributed by atoms with Gasteiger partial charge in [0.25, 0.3) is 0 Å². The normalized spacial score (nSPS) is 10.2. The van der Waals surface area contributed by atoms with Gasteiger partial charge in [-0.25, -0.2) is 4.79 Å². The maximum Gasteiger partial charge on any atom is 0.341 e. The zero-order valence-corrected chi connectivity index (χ0v) is 13.9. The Bertz CT molecular complexity index is 710. The summed E-state index contributed by atoms with van der Waals surface area (Å²) in [5.41, 5.74) is 3.11. The number of aliphatic carboxylic acids is 1. The zero-order valence-electron chi connectivity index (χ0n) is 13.9. The number of nitrogens with zero attached hydrogens (tertiary/aromatic N) is 1. The lowest BCUT2D eigenvalue weighted by Crippen LogP contribution is -2.26. The summed E-state index contributed by atoms with van der Waals surface area (Å²) in [5, 5.41) is 8.59. The van der Waals surface area contributed by atoms with Crippen molar-refractivity contribution in [3.8, 4) is 5.75 Å². The fraction of sp³-hybridized carbons (Fsp3) is 0.263. The monoisotopic (exact) mass is 327 g/mol. The van der Waals surface area contributed by atoms with Crippen molar-refractivity contribution in [3.05, 3.63) is 59.7 Å². The van der Waals surface area contributed by atoms with Crippen LogP contribution in [0.1, 0.15) is 17.5 Å². The molecule has 2 aromatic rings. The minimum atomic E-state index is -1.03. The van der Waals surface area contributed by atoms with E-state index in [-0.39, 0.29) is 12.5 Å². The van der Waals surface area contributed by atoms with Crippen LogP contribution in [-0.4, -0.2) is 30.6 Å². The number of ether oxygens (including phenoxy) is 1. The van der Waals surface area contributed by atoms with E-state index in [0.717, 1.165) is 5.69 Å². The van der Waals surface area contributed by atoms with Gasteiger partial charge in [-0.15, -0.1) is 0 Å². The molecule has 0 aliphatic carbocycles. The molecular weight excluding hydrogens is 306 g/mol. The first kappa shape index (κ1) is 17.5.